The Kier molecular flexibility index (Phi) is 5.73. The van der Waals surface area contributed by atoms with Gasteiger partial charge in [-0.05, 0) is 37.3 Å². The van der Waals surface area contributed by atoms with E-state index in [1.165, 1.54) is 53.7 Å². The molecule has 28 heavy (non-hydrogen) atoms. The van der Waals surface area contributed by atoms with E-state index < -0.39 is 20.9 Å². The second-order valence-corrected chi connectivity index (χ2v) is 8.08. The predicted molar refractivity (Wildman–Crippen MR) is 98.8 cm³/mol. The molecule has 0 atom stereocenters. The van der Waals surface area contributed by atoms with Crippen LogP contribution in [0.5, 0.6) is 5.75 Å². The number of carbonyl (C=O) groups is 1. The van der Waals surface area contributed by atoms with Crippen molar-refractivity contribution in [3.63, 3.8) is 0 Å². The summed E-state index contributed by atoms with van der Waals surface area (Å²) in [6.07, 6.45) is 0. The topological polar surface area (TPSA) is 116 Å². The number of hydrogen-bond donors (Lipinski definition) is 0. The van der Waals surface area contributed by atoms with Crippen molar-refractivity contribution in [2.24, 2.45) is 0 Å². The summed E-state index contributed by atoms with van der Waals surface area (Å²) in [5.74, 6) is -0.623. The molecule has 9 nitrogen and oxygen atoms in total. The fourth-order valence-electron chi connectivity index (χ4n) is 2.78. The quantitative estimate of drug-likeness (QED) is 0.323. The highest BCUT2D eigenvalue weighted by molar-refractivity contribution is 7.89. The van der Waals surface area contributed by atoms with Crippen LogP contribution in [0.3, 0.4) is 0 Å². The second-order valence-electron chi connectivity index (χ2n) is 6.14. The Labute approximate surface area is 161 Å². The van der Waals surface area contributed by atoms with Crippen LogP contribution in [0.2, 0.25) is 0 Å². The maximum absolute atomic E-state index is 12.7. The minimum absolute atomic E-state index is 0.0104. The Morgan fingerprint density at radius 3 is 2.54 bits per heavy atom. The number of morpholine rings is 1. The van der Waals surface area contributed by atoms with Crippen LogP contribution in [0.15, 0.2) is 47.4 Å². The van der Waals surface area contributed by atoms with Crippen LogP contribution in [0.25, 0.3) is 0 Å². The van der Waals surface area contributed by atoms with Crippen LogP contribution in [0.1, 0.15) is 15.9 Å². The molecular formula is C18H18N2O7S. The second kappa shape index (κ2) is 8.05. The number of carbonyl (C=O) groups excluding carboxylic acids is 1. The van der Waals surface area contributed by atoms with Crippen LogP contribution in [0, 0.1) is 17.0 Å². The van der Waals surface area contributed by atoms with Crippen molar-refractivity contribution in [2.75, 3.05) is 26.3 Å². The van der Waals surface area contributed by atoms with E-state index in [1.54, 1.807) is 0 Å². The molecule has 1 fully saturated rings. The number of nitrogens with zero attached hydrogens (tertiary/aromatic N) is 2. The monoisotopic (exact) mass is 406 g/mol. The number of benzene rings is 2. The summed E-state index contributed by atoms with van der Waals surface area (Å²) < 4.78 is 37.2. The zero-order valence-electron chi connectivity index (χ0n) is 15.0. The van der Waals surface area contributed by atoms with Gasteiger partial charge in [-0.1, -0.05) is 6.07 Å². The van der Waals surface area contributed by atoms with E-state index in [4.69, 9.17) is 9.47 Å². The molecule has 148 valence electrons. The molecule has 0 spiro atoms. The van der Waals surface area contributed by atoms with Crippen molar-refractivity contribution in [1.82, 2.24) is 4.31 Å². The minimum atomic E-state index is -3.74. The minimum Gasteiger partial charge on any atom is -0.423 e. The number of ether oxygens (including phenoxy) is 2. The Bertz CT molecular complexity index is 1010. The van der Waals surface area contributed by atoms with Gasteiger partial charge in [0.1, 0.15) is 5.75 Å². The van der Waals surface area contributed by atoms with Gasteiger partial charge in [0.2, 0.25) is 10.0 Å². The molecule has 1 aliphatic heterocycles. The molecule has 0 unspecified atom stereocenters. The Balaban J connectivity index is 1.81. The molecule has 0 bridgehead atoms. The summed E-state index contributed by atoms with van der Waals surface area (Å²) in [5.41, 5.74) is 0.322. The third-order valence-electron chi connectivity index (χ3n) is 4.25. The maximum Gasteiger partial charge on any atom is 0.343 e. The number of esters is 1. The molecule has 3 rings (SSSR count). The van der Waals surface area contributed by atoms with Crippen molar-refractivity contribution in [1.29, 1.82) is 0 Å². The molecule has 0 radical (unpaired) electrons. The number of aryl methyl sites for hydroxylation is 1. The van der Waals surface area contributed by atoms with Gasteiger partial charge >= 0.3 is 5.97 Å². The number of nitro groups is 1. The molecule has 0 aromatic heterocycles. The van der Waals surface area contributed by atoms with E-state index in [9.17, 15) is 23.3 Å². The highest BCUT2D eigenvalue weighted by atomic mass is 32.2. The fourth-order valence-corrected chi connectivity index (χ4v) is 4.24. The lowest BCUT2D eigenvalue weighted by atomic mass is 10.2. The van der Waals surface area contributed by atoms with Gasteiger partial charge in [-0.15, -0.1) is 0 Å². The van der Waals surface area contributed by atoms with Crippen molar-refractivity contribution in [3.8, 4) is 5.75 Å². The fraction of sp³-hybridized carbons (Fsp3) is 0.278. The molecule has 1 heterocycles. The molecule has 1 saturated heterocycles. The first-order valence-corrected chi connectivity index (χ1v) is 9.88. The van der Waals surface area contributed by atoms with Gasteiger partial charge < -0.3 is 9.47 Å². The average molecular weight is 406 g/mol. The number of sulfonamides is 1. The first-order valence-electron chi connectivity index (χ1n) is 8.44. The highest BCUT2D eigenvalue weighted by Gasteiger charge is 2.27. The highest BCUT2D eigenvalue weighted by Crippen LogP contribution is 2.24. The third kappa shape index (κ3) is 4.19. The van der Waals surface area contributed by atoms with E-state index in [1.807, 2.05) is 0 Å². The van der Waals surface area contributed by atoms with Crippen LogP contribution in [-0.4, -0.2) is 49.9 Å². The molecular weight excluding hydrogens is 388 g/mol. The Hall–Kier alpha value is -2.82. The third-order valence-corrected chi connectivity index (χ3v) is 6.15. The van der Waals surface area contributed by atoms with E-state index in [0.29, 0.717) is 18.8 Å². The van der Waals surface area contributed by atoms with Gasteiger partial charge in [0.15, 0.2) is 0 Å². The first kappa shape index (κ1) is 19.9. The van der Waals surface area contributed by atoms with E-state index in [2.05, 4.69) is 0 Å². The predicted octanol–water partition coefficient (Wildman–Crippen LogP) is 2.14. The van der Waals surface area contributed by atoms with Crippen LogP contribution in [-0.2, 0) is 14.8 Å². The summed E-state index contributed by atoms with van der Waals surface area (Å²) in [4.78, 5) is 22.7. The summed E-state index contributed by atoms with van der Waals surface area (Å²) in [6, 6.07) is 9.52. The lowest BCUT2D eigenvalue weighted by Crippen LogP contribution is -2.40. The lowest BCUT2D eigenvalue weighted by Gasteiger charge is -2.26. The molecule has 2 aromatic rings. The standard InChI is InChI=1S/C18H18N2O7S/c1-13-11-15(5-6-17(13)20(22)23)27-18(21)14-3-2-4-16(12-14)28(24,25)19-7-9-26-10-8-19/h2-6,11-12H,7-10H2,1H3. The number of nitro benzene ring substituents is 1. The van der Waals surface area contributed by atoms with Gasteiger partial charge in [-0.25, -0.2) is 13.2 Å². The summed E-state index contributed by atoms with van der Waals surface area (Å²) >= 11 is 0. The normalized spacial score (nSPS) is 15.2. The zero-order chi connectivity index (χ0) is 20.3. The van der Waals surface area contributed by atoms with Crippen molar-refractivity contribution in [2.45, 2.75) is 11.8 Å². The largest absolute Gasteiger partial charge is 0.423 e. The maximum atomic E-state index is 12.7. The van der Waals surface area contributed by atoms with Gasteiger partial charge in [0.25, 0.3) is 5.69 Å². The molecule has 0 saturated carbocycles. The van der Waals surface area contributed by atoms with Gasteiger partial charge in [0.05, 0.1) is 28.6 Å². The summed E-state index contributed by atoms with van der Waals surface area (Å²) in [6.45, 7) is 2.67. The molecule has 10 heteroatoms. The number of rotatable bonds is 5. The SMILES string of the molecule is Cc1cc(OC(=O)c2cccc(S(=O)(=O)N3CCOCC3)c2)ccc1[N+](=O)[O-]. The summed E-state index contributed by atoms with van der Waals surface area (Å²) in [5, 5.41) is 10.9. The number of hydrogen-bond acceptors (Lipinski definition) is 7. The van der Waals surface area contributed by atoms with E-state index >= 15 is 0 Å². The van der Waals surface area contributed by atoms with Crippen molar-refractivity contribution >= 4 is 21.7 Å². The van der Waals surface area contributed by atoms with Crippen molar-refractivity contribution in [3.05, 3.63) is 63.7 Å². The zero-order valence-corrected chi connectivity index (χ0v) is 15.8. The lowest BCUT2D eigenvalue weighted by molar-refractivity contribution is -0.385. The van der Waals surface area contributed by atoms with E-state index in [-0.39, 0.29) is 35.0 Å². The van der Waals surface area contributed by atoms with Gasteiger partial charge in [-0.3, -0.25) is 10.1 Å². The Morgan fingerprint density at radius 2 is 1.89 bits per heavy atom. The molecule has 0 aliphatic carbocycles. The average Bonchev–Trinajstić information content (AvgIpc) is 2.68. The molecule has 0 N–H and O–H groups in total. The molecule has 0 amide bonds. The van der Waals surface area contributed by atoms with Crippen LogP contribution >= 0.6 is 0 Å². The molecule has 1 aliphatic rings. The first-order chi connectivity index (χ1) is 13.3. The van der Waals surface area contributed by atoms with Crippen LogP contribution in [0.4, 0.5) is 5.69 Å². The van der Waals surface area contributed by atoms with E-state index in [0.717, 1.165) is 0 Å². The van der Waals surface area contributed by atoms with Crippen molar-refractivity contribution < 1.29 is 27.6 Å². The van der Waals surface area contributed by atoms with Gasteiger partial charge in [0, 0.05) is 24.7 Å². The smallest absolute Gasteiger partial charge is 0.343 e. The molecule has 2 aromatic carbocycles. The van der Waals surface area contributed by atoms with Crippen LogP contribution < -0.4 is 4.74 Å². The summed E-state index contributed by atoms with van der Waals surface area (Å²) in [7, 11) is -3.74. The van der Waals surface area contributed by atoms with Gasteiger partial charge in [-0.2, -0.15) is 4.31 Å². The Morgan fingerprint density at radius 1 is 1.18 bits per heavy atom.